The summed E-state index contributed by atoms with van der Waals surface area (Å²) < 4.78 is 32.6. The van der Waals surface area contributed by atoms with Crippen LogP contribution in [0.5, 0.6) is 5.75 Å². The second-order valence-electron chi connectivity index (χ2n) is 7.46. The summed E-state index contributed by atoms with van der Waals surface area (Å²) in [6, 6.07) is 13.4. The SMILES string of the molecule is NC(=O)Cc1ccc(OCC(=O)NCc2cccc(S(=O)(=O)N3CCCCC3)c2)cc1. The van der Waals surface area contributed by atoms with Crippen LogP contribution in [0.4, 0.5) is 0 Å². The Morgan fingerprint density at radius 3 is 2.39 bits per heavy atom. The topological polar surface area (TPSA) is 119 Å². The summed E-state index contributed by atoms with van der Waals surface area (Å²) in [5, 5.41) is 2.73. The van der Waals surface area contributed by atoms with Crippen LogP contribution in [-0.4, -0.2) is 44.2 Å². The molecule has 1 heterocycles. The van der Waals surface area contributed by atoms with Gasteiger partial charge in [0.1, 0.15) is 5.75 Å². The number of hydrogen-bond donors (Lipinski definition) is 2. The van der Waals surface area contributed by atoms with E-state index in [2.05, 4.69) is 5.32 Å². The van der Waals surface area contributed by atoms with Gasteiger partial charge in [0, 0.05) is 19.6 Å². The third kappa shape index (κ3) is 6.53. The van der Waals surface area contributed by atoms with E-state index in [4.69, 9.17) is 10.5 Å². The first kappa shape index (κ1) is 22.8. The molecule has 3 rings (SSSR count). The number of carbonyl (C=O) groups is 2. The number of benzene rings is 2. The van der Waals surface area contributed by atoms with Crippen molar-refractivity contribution < 1.29 is 22.7 Å². The van der Waals surface area contributed by atoms with Crippen molar-refractivity contribution in [1.29, 1.82) is 0 Å². The number of sulfonamides is 1. The van der Waals surface area contributed by atoms with Gasteiger partial charge in [0.2, 0.25) is 15.9 Å². The number of nitrogens with zero attached hydrogens (tertiary/aromatic N) is 1. The summed E-state index contributed by atoms with van der Waals surface area (Å²) in [6.45, 7) is 1.11. The zero-order chi connectivity index (χ0) is 22.3. The van der Waals surface area contributed by atoms with E-state index in [1.54, 1.807) is 48.5 Å². The van der Waals surface area contributed by atoms with Crippen LogP contribution in [0.25, 0.3) is 0 Å². The molecule has 1 fully saturated rings. The predicted molar refractivity (Wildman–Crippen MR) is 116 cm³/mol. The van der Waals surface area contributed by atoms with Crippen molar-refractivity contribution in [3.63, 3.8) is 0 Å². The number of primary amides is 1. The van der Waals surface area contributed by atoms with Crippen molar-refractivity contribution in [3.05, 3.63) is 59.7 Å². The van der Waals surface area contributed by atoms with Gasteiger partial charge in [-0.2, -0.15) is 4.31 Å². The first-order valence-electron chi connectivity index (χ1n) is 10.2. The Balaban J connectivity index is 1.51. The van der Waals surface area contributed by atoms with E-state index in [-0.39, 0.29) is 30.4 Å². The molecule has 0 bridgehead atoms. The van der Waals surface area contributed by atoms with Crippen LogP contribution < -0.4 is 15.8 Å². The first-order chi connectivity index (χ1) is 14.8. The Morgan fingerprint density at radius 2 is 1.71 bits per heavy atom. The number of ether oxygens (including phenoxy) is 1. The van der Waals surface area contributed by atoms with Crippen LogP contribution in [-0.2, 0) is 32.6 Å². The Hall–Kier alpha value is -2.91. The lowest BCUT2D eigenvalue weighted by Gasteiger charge is -2.26. The molecule has 2 amide bonds. The standard InChI is InChI=1S/C22H27N3O5S/c23-21(26)14-17-7-9-19(10-8-17)30-16-22(27)24-15-18-5-4-6-20(13-18)31(28,29)25-11-2-1-3-12-25/h4-10,13H,1-3,11-12,14-16H2,(H2,23,26)(H,24,27). The van der Waals surface area contributed by atoms with Gasteiger partial charge in [-0.3, -0.25) is 9.59 Å². The highest BCUT2D eigenvalue weighted by atomic mass is 32.2. The second kappa shape index (κ2) is 10.4. The van der Waals surface area contributed by atoms with E-state index in [0.29, 0.717) is 24.4 Å². The van der Waals surface area contributed by atoms with Gasteiger partial charge < -0.3 is 15.8 Å². The van der Waals surface area contributed by atoms with E-state index in [0.717, 1.165) is 24.8 Å². The zero-order valence-corrected chi connectivity index (χ0v) is 18.1. The third-order valence-electron chi connectivity index (χ3n) is 5.01. The first-order valence-corrected chi connectivity index (χ1v) is 11.6. The molecule has 1 aliphatic rings. The molecular weight excluding hydrogens is 418 g/mol. The lowest BCUT2D eigenvalue weighted by Crippen LogP contribution is -2.35. The molecule has 0 unspecified atom stereocenters. The highest BCUT2D eigenvalue weighted by molar-refractivity contribution is 7.89. The molecule has 1 aliphatic heterocycles. The van der Waals surface area contributed by atoms with Gasteiger partial charge in [-0.05, 0) is 48.2 Å². The minimum Gasteiger partial charge on any atom is -0.484 e. The van der Waals surface area contributed by atoms with Crippen molar-refractivity contribution in [2.45, 2.75) is 37.1 Å². The van der Waals surface area contributed by atoms with Crippen molar-refractivity contribution in [2.75, 3.05) is 19.7 Å². The van der Waals surface area contributed by atoms with Gasteiger partial charge in [0.05, 0.1) is 11.3 Å². The molecule has 2 aromatic rings. The summed E-state index contributed by atoms with van der Waals surface area (Å²) in [5.41, 5.74) is 6.62. The van der Waals surface area contributed by atoms with Crippen LogP contribution >= 0.6 is 0 Å². The molecule has 0 atom stereocenters. The molecule has 2 aromatic carbocycles. The number of amides is 2. The van der Waals surface area contributed by atoms with E-state index >= 15 is 0 Å². The summed E-state index contributed by atoms with van der Waals surface area (Å²) in [5.74, 6) is -0.246. The normalized spacial score (nSPS) is 14.7. The molecule has 0 aliphatic carbocycles. The molecule has 9 heteroatoms. The van der Waals surface area contributed by atoms with Crippen LogP contribution in [0.15, 0.2) is 53.4 Å². The Morgan fingerprint density at radius 1 is 1.00 bits per heavy atom. The molecule has 0 saturated carbocycles. The summed E-state index contributed by atoms with van der Waals surface area (Å²) in [4.78, 5) is 23.3. The molecule has 0 aromatic heterocycles. The zero-order valence-electron chi connectivity index (χ0n) is 17.2. The number of piperidine rings is 1. The third-order valence-corrected chi connectivity index (χ3v) is 6.91. The van der Waals surface area contributed by atoms with Crippen LogP contribution in [0.1, 0.15) is 30.4 Å². The number of nitrogens with two attached hydrogens (primary N) is 1. The van der Waals surface area contributed by atoms with E-state index in [1.807, 2.05) is 0 Å². The molecule has 0 radical (unpaired) electrons. The molecule has 0 spiro atoms. The fraction of sp³-hybridized carbons (Fsp3) is 0.364. The highest BCUT2D eigenvalue weighted by Crippen LogP contribution is 2.21. The molecule has 31 heavy (non-hydrogen) atoms. The minimum atomic E-state index is -3.51. The number of carbonyl (C=O) groups excluding carboxylic acids is 2. The van der Waals surface area contributed by atoms with E-state index < -0.39 is 15.9 Å². The van der Waals surface area contributed by atoms with E-state index in [9.17, 15) is 18.0 Å². The van der Waals surface area contributed by atoms with Gasteiger partial charge in [-0.25, -0.2) is 8.42 Å². The predicted octanol–water partition coefficient (Wildman–Crippen LogP) is 1.58. The summed E-state index contributed by atoms with van der Waals surface area (Å²) in [6.07, 6.45) is 2.96. The Labute approximate surface area is 182 Å². The van der Waals surface area contributed by atoms with Crippen molar-refractivity contribution in [2.24, 2.45) is 5.73 Å². The molecule has 166 valence electrons. The molecule has 3 N–H and O–H groups in total. The lowest BCUT2D eigenvalue weighted by molar-refractivity contribution is -0.123. The average molecular weight is 446 g/mol. The highest BCUT2D eigenvalue weighted by Gasteiger charge is 2.25. The Bertz CT molecular complexity index is 1020. The number of hydrogen-bond acceptors (Lipinski definition) is 5. The Kier molecular flexibility index (Phi) is 7.64. The van der Waals surface area contributed by atoms with Crippen LogP contribution in [0, 0.1) is 0 Å². The maximum atomic E-state index is 12.8. The quantitative estimate of drug-likeness (QED) is 0.607. The second-order valence-corrected chi connectivity index (χ2v) is 9.40. The van der Waals surface area contributed by atoms with Gasteiger partial charge in [-0.1, -0.05) is 30.7 Å². The fourth-order valence-electron chi connectivity index (χ4n) is 3.38. The van der Waals surface area contributed by atoms with Crippen LogP contribution in [0.2, 0.25) is 0 Å². The largest absolute Gasteiger partial charge is 0.484 e. The maximum Gasteiger partial charge on any atom is 0.258 e. The van der Waals surface area contributed by atoms with Gasteiger partial charge in [0.25, 0.3) is 5.91 Å². The fourth-order valence-corrected chi connectivity index (χ4v) is 4.96. The van der Waals surface area contributed by atoms with E-state index in [1.165, 1.54) is 4.31 Å². The number of nitrogens with one attached hydrogen (secondary N) is 1. The van der Waals surface area contributed by atoms with Crippen molar-refractivity contribution in [1.82, 2.24) is 9.62 Å². The van der Waals surface area contributed by atoms with Crippen LogP contribution in [0.3, 0.4) is 0 Å². The number of rotatable bonds is 9. The average Bonchev–Trinajstić information content (AvgIpc) is 2.77. The maximum absolute atomic E-state index is 12.8. The summed E-state index contributed by atoms with van der Waals surface area (Å²) in [7, 11) is -3.51. The molecular formula is C22H27N3O5S. The lowest BCUT2D eigenvalue weighted by atomic mass is 10.1. The van der Waals surface area contributed by atoms with Crippen molar-refractivity contribution >= 4 is 21.8 Å². The molecule has 1 saturated heterocycles. The van der Waals surface area contributed by atoms with Gasteiger partial charge >= 0.3 is 0 Å². The van der Waals surface area contributed by atoms with Crippen molar-refractivity contribution in [3.8, 4) is 5.75 Å². The smallest absolute Gasteiger partial charge is 0.258 e. The molecule has 8 nitrogen and oxygen atoms in total. The monoisotopic (exact) mass is 445 g/mol. The minimum absolute atomic E-state index is 0.146. The van der Waals surface area contributed by atoms with Gasteiger partial charge in [0.15, 0.2) is 6.61 Å². The summed E-state index contributed by atoms with van der Waals surface area (Å²) >= 11 is 0. The van der Waals surface area contributed by atoms with Gasteiger partial charge in [-0.15, -0.1) is 0 Å².